The van der Waals surface area contributed by atoms with Crippen LogP contribution in [0.2, 0.25) is 0 Å². The average molecular weight is 387 g/mol. The maximum Gasteiger partial charge on any atom is 0.389 e. The Hall–Kier alpha value is -1.11. The van der Waals surface area contributed by atoms with Crippen LogP contribution in [0.1, 0.15) is 61.1 Å². The highest BCUT2D eigenvalue weighted by Gasteiger charge is 2.26. The number of unbranched alkanes of at least 4 members (excludes halogenated alkanes) is 1. The summed E-state index contributed by atoms with van der Waals surface area (Å²) in [6.07, 6.45) is 0.856. The van der Waals surface area contributed by atoms with E-state index in [-0.39, 0.29) is 19.6 Å². The van der Waals surface area contributed by atoms with Crippen LogP contribution in [-0.4, -0.2) is 37.6 Å². The first-order valence-electron chi connectivity index (χ1n) is 10.00. The molecule has 1 aliphatic carbocycles. The lowest BCUT2D eigenvalue weighted by Crippen LogP contribution is -2.21. The van der Waals surface area contributed by atoms with E-state index >= 15 is 0 Å². The van der Waals surface area contributed by atoms with E-state index in [2.05, 4.69) is 18.2 Å². The maximum atomic E-state index is 12.1. The molecule has 0 saturated heterocycles. The lowest BCUT2D eigenvalue weighted by Gasteiger charge is -2.26. The molecule has 0 fully saturated rings. The molecule has 0 heterocycles. The molecule has 0 aromatic heterocycles. The van der Waals surface area contributed by atoms with Crippen LogP contribution in [0.4, 0.5) is 13.2 Å². The zero-order chi connectivity index (χ0) is 19.7. The van der Waals surface area contributed by atoms with Crippen LogP contribution in [0.3, 0.4) is 0 Å². The number of aliphatic hydroxyl groups is 1. The van der Waals surface area contributed by atoms with Crippen molar-refractivity contribution in [3.63, 3.8) is 0 Å². The number of rotatable bonds is 11. The van der Waals surface area contributed by atoms with Crippen molar-refractivity contribution in [1.29, 1.82) is 0 Å². The summed E-state index contributed by atoms with van der Waals surface area (Å²) in [5, 5.41) is 8.94. The van der Waals surface area contributed by atoms with Gasteiger partial charge in [0.05, 0.1) is 0 Å². The van der Waals surface area contributed by atoms with Crippen molar-refractivity contribution < 1.29 is 23.0 Å². The molecule has 3 N–H and O–H groups in total. The van der Waals surface area contributed by atoms with E-state index in [1.165, 1.54) is 16.7 Å². The highest BCUT2D eigenvalue weighted by molar-refractivity contribution is 5.36. The lowest BCUT2D eigenvalue weighted by molar-refractivity contribution is -0.138. The first-order chi connectivity index (χ1) is 12.9. The van der Waals surface area contributed by atoms with Gasteiger partial charge in [-0.15, -0.1) is 0 Å². The Bertz CT molecular complexity index is 563. The Morgan fingerprint density at radius 1 is 1.19 bits per heavy atom. The fourth-order valence-electron chi connectivity index (χ4n) is 3.79. The van der Waals surface area contributed by atoms with Crippen LogP contribution >= 0.6 is 0 Å². The van der Waals surface area contributed by atoms with E-state index in [0.717, 1.165) is 38.5 Å². The van der Waals surface area contributed by atoms with Crippen LogP contribution in [-0.2, 0) is 17.6 Å². The summed E-state index contributed by atoms with van der Waals surface area (Å²) in [5.74, 6) is 0.709. The van der Waals surface area contributed by atoms with Crippen molar-refractivity contribution in [2.75, 3.05) is 26.4 Å². The number of alkyl halides is 3. The summed E-state index contributed by atoms with van der Waals surface area (Å²) >= 11 is 0. The van der Waals surface area contributed by atoms with E-state index in [1.807, 2.05) is 0 Å². The minimum absolute atomic E-state index is 0.0346. The molecule has 0 aliphatic heterocycles. The smallest absolute Gasteiger partial charge is 0.389 e. The van der Waals surface area contributed by atoms with E-state index < -0.39 is 12.6 Å². The highest BCUT2D eigenvalue weighted by Crippen LogP contribution is 2.30. The quantitative estimate of drug-likeness (QED) is 0.555. The van der Waals surface area contributed by atoms with Gasteiger partial charge in [-0.25, -0.2) is 0 Å². The first kappa shape index (κ1) is 22.2. The van der Waals surface area contributed by atoms with Gasteiger partial charge in [0.2, 0.25) is 0 Å². The third-order valence-electron chi connectivity index (χ3n) is 5.38. The molecular weight excluding hydrogens is 355 g/mol. The van der Waals surface area contributed by atoms with E-state index in [9.17, 15) is 13.2 Å². The molecule has 2 atom stereocenters. The van der Waals surface area contributed by atoms with Crippen LogP contribution in [0.25, 0.3) is 0 Å². The summed E-state index contributed by atoms with van der Waals surface area (Å²) in [5.41, 5.74) is 9.90. The van der Waals surface area contributed by atoms with Gasteiger partial charge < -0.3 is 15.6 Å². The number of nitrogens with two attached hydrogens (primary N) is 1. The molecule has 27 heavy (non-hydrogen) atoms. The van der Waals surface area contributed by atoms with E-state index in [0.29, 0.717) is 25.0 Å². The Morgan fingerprint density at radius 3 is 2.70 bits per heavy atom. The second-order valence-electron chi connectivity index (χ2n) is 7.58. The van der Waals surface area contributed by atoms with Gasteiger partial charge in [-0.1, -0.05) is 24.6 Å². The number of hydrogen-bond donors (Lipinski definition) is 2. The average Bonchev–Trinajstić information content (AvgIpc) is 2.64. The number of hydrogen-bond acceptors (Lipinski definition) is 3. The van der Waals surface area contributed by atoms with Gasteiger partial charge in [0.25, 0.3) is 0 Å². The molecule has 0 unspecified atom stereocenters. The van der Waals surface area contributed by atoms with E-state index in [1.54, 1.807) is 0 Å². The van der Waals surface area contributed by atoms with Crippen LogP contribution < -0.4 is 5.73 Å². The summed E-state index contributed by atoms with van der Waals surface area (Å²) < 4.78 is 41.9. The zero-order valence-corrected chi connectivity index (χ0v) is 15.9. The molecule has 0 amide bonds. The van der Waals surface area contributed by atoms with Crippen LogP contribution in [0.15, 0.2) is 18.2 Å². The number of aryl methyl sites for hydroxylation is 1. The summed E-state index contributed by atoms with van der Waals surface area (Å²) in [4.78, 5) is 0. The SMILES string of the molecule is NC[C@H](CCCCO)c1ccc2c(c1)CC[C@@H](COCCCC(F)(F)F)C2. The topological polar surface area (TPSA) is 55.5 Å². The molecule has 1 aromatic carbocycles. The van der Waals surface area contributed by atoms with Gasteiger partial charge in [0.1, 0.15) is 0 Å². The summed E-state index contributed by atoms with van der Waals surface area (Å²) in [6, 6.07) is 6.60. The van der Waals surface area contributed by atoms with Gasteiger partial charge in [0.15, 0.2) is 0 Å². The number of benzene rings is 1. The molecule has 1 aliphatic rings. The van der Waals surface area contributed by atoms with Crippen molar-refractivity contribution in [2.24, 2.45) is 11.7 Å². The normalized spacial score (nSPS) is 18.3. The molecule has 3 nitrogen and oxygen atoms in total. The zero-order valence-electron chi connectivity index (χ0n) is 15.9. The molecule has 0 bridgehead atoms. The second kappa shape index (κ2) is 11.0. The molecule has 1 aromatic rings. The summed E-state index contributed by atoms with van der Waals surface area (Å²) in [6.45, 7) is 1.54. The number of halogens is 3. The molecule has 0 radical (unpaired) electrons. The lowest BCUT2D eigenvalue weighted by atomic mass is 9.81. The minimum atomic E-state index is -4.09. The Morgan fingerprint density at radius 2 is 2.00 bits per heavy atom. The van der Waals surface area contributed by atoms with Crippen LogP contribution in [0, 0.1) is 5.92 Å². The van der Waals surface area contributed by atoms with Crippen molar-refractivity contribution in [3.8, 4) is 0 Å². The second-order valence-corrected chi connectivity index (χ2v) is 7.58. The molecule has 6 heteroatoms. The van der Waals surface area contributed by atoms with Gasteiger partial charge in [-0.2, -0.15) is 13.2 Å². The fraction of sp³-hybridized carbons (Fsp3) is 0.714. The Balaban J connectivity index is 1.80. The highest BCUT2D eigenvalue weighted by atomic mass is 19.4. The number of fused-ring (bicyclic) bond motifs is 1. The molecule has 2 rings (SSSR count). The van der Waals surface area contributed by atoms with E-state index in [4.69, 9.17) is 15.6 Å². The van der Waals surface area contributed by atoms with Crippen molar-refractivity contribution in [3.05, 3.63) is 34.9 Å². The van der Waals surface area contributed by atoms with Crippen LogP contribution in [0.5, 0.6) is 0 Å². The predicted molar refractivity (Wildman–Crippen MR) is 101 cm³/mol. The third kappa shape index (κ3) is 7.80. The van der Waals surface area contributed by atoms with Gasteiger partial charge >= 0.3 is 6.18 Å². The first-order valence-corrected chi connectivity index (χ1v) is 10.00. The molecular formula is C21H32F3NO2. The summed E-state index contributed by atoms with van der Waals surface area (Å²) in [7, 11) is 0. The monoisotopic (exact) mass is 387 g/mol. The Labute approximate surface area is 160 Å². The predicted octanol–water partition coefficient (Wildman–Crippen LogP) is 4.36. The molecule has 0 saturated carbocycles. The van der Waals surface area contributed by atoms with Gasteiger partial charge in [-0.3, -0.25) is 0 Å². The third-order valence-corrected chi connectivity index (χ3v) is 5.38. The molecule has 154 valence electrons. The van der Waals surface area contributed by atoms with Gasteiger partial charge in [-0.05, 0) is 73.6 Å². The fourth-order valence-corrected chi connectivity index (χ4v) is 3.79. The number of aliphatic hydroxyl groups excluding tert-OH is 1. The van der Waals surface area contributed by atoms with Crippen molar-refractivity contribution >= 4 is 0 Å². The van der Waals surface area contributed by atoms with Crippen molar-refractivity contribution in [1.82, 2.24) is 0 Å². The Kier molecular flexibility index (Phi) is 9.06. The minimum Gasteiger partial charge on any atom is -0.396 e. The van der Waals surface area contributed by atoms with Gasteiger partial charge in [0, 0.05) is 26.2 Å². The maximum absolute atomic E-state index is 12.1. The largest absolute Gasteiger partial charge is 0.396 e. The number of ether oxygens (including phenoxy) is 1. The molecule has 0 spiro atoms. The standard InChI is InChI=1S/C21H32F3NO2/c22-21(23,24)9-3-11-27-15-16-5-6-18-13-19(8-7-17(18)12-16)20(14-25)4-1-2-10-26/h7-8,13,16,20,26H,1-6,9-12,14-15,25H2/t16-,20+/m1/s1. The van der Waals surface area contributed by atoms with Crippen molar-refractivity contribution in [2.45, 2.75) is 63.5 Å².